The molecule has 4 rings (SSSR count). The minimum Gasteiger partial charge on any atom is -0.342 e. The van der Waals surface area contributed by atoms with Crippen LogP contribution in [0.1, 0.15) is 43.0 Å². The standard InChI is InChI=1S/C24H30N4O3S/c1-3-10-28-23(31)19-5-4-18(15-20(19)25-24(28)32)22(30)27-13-8-17(9-14-27)21(29)26-11-6-16(2)7-12-26/h3-5,15-17H,1,6-14H2,2H3,(H,25,32). The van der Waals surface area contributed by atoms with Crippen LogP contribution in [0.25, 0.3) is 10.9 Å². The van der Waals surface area contributed by atoms with Crippen LogP contribution in [0.5, 0.6) is 0 Å². The molecule has 2 amide bonds. The molecule has 0 saturated carbocycles. The van der Waals surface area contributed by atoms with Crippen LogP contribution in [0, 0.1) is 16.6 Å². The number of benzene rings is 1. The van der Waals surface area contributed by atoms with Crippen LogP contribution in [-0.4, -0.2) is 57.3 Å². The van der Waals surface area contributed by atoms with Gasteiger partial charge in [-0.25, -0.2) is 0 Å². The third kappa shape index (κ3) is 4.41. The van der Waals surface area contributed by atoms with Gasteiger partial charge in [0.25, 0.3) is 11.5 Å². The fourth-order valence-electron chi connectivity index (χ4n) is 4.68. The van der Waals surface area contributed by atoms with E-state index in [0.717, 1.165) is 25.9 Å². The van der Waals surface area contributed by atoms with Crippen molar-refractivity contribution in [2.45, 2.75) is 39.2 Å². The number of hydrogen-bond acceptors (Lipinski definition) is 4. The lowest BCUT2D eigenvalue weighted by molar-refractivity contribution is -0.138. The van der Waals surface area contributed by atoms with Gasteiger partial charge >= 0.3 is 0 Å². The monoisotopic (exact) mass is 454 g/mol. The highest BCUT2D eigenvalue weighted by atomic mass is 32.1. The number of piperidine rings is 2. The average Bonchev–Trinajstić information content (AvgIpc) is 2.81. The first-order valence-corrected chi connectivity index (χ1v) is 11.8. The molecule has 2 aromatic rings. The van der Waals surface area contributed by atoms with Gasteiger partial charge in [0, 0.05) is 44.2 Å². The number of H-pyrrole nitrogens is 1. The Morgan fingerprint density at radius 3 is 2.44 bits per heavy atom. The van der Waals surface area contributed by atoms with Crippen LogP contribution in [0.4, 0.5) is 0 Å². The molecular weight excluding hydrogens is 424 g/mol. The number of aromatic amines is 1. The lowest BCUT2D eigenvalue weighted by Crippen LogP contribution is -2.46. The smallest absolute Gasteiger partial charge is 0.262 e. The highest BCUT2D eigenvalue weighted by molar-refractivity contribution is 7.71. The molecule has 0 aliphatic carbocycles. The van der Waals surface area contributed by atoms with Crippen molar-refractivity contribution in [2.24, 2.45) is 11.8 Å². The SMILES string of the molecule is C=CCn1c(=S)[nH]c2cc(C(=O)N3CCC(C(=O)N4CCC(C)CC4)CC3)ccc2c1=O. The maximum absolute atomic E-state index is 13.1. The largest absolute Gasteiger partial charge is 0.342 e. The summed E-state index contributed by atoms with van der Waals surface area (Å²) in [5.74, 6) is 0.861. The molecule has 3 heterocycles. The lowest BCUT2D eigenvalue weighted by Gasteiger charge is -2.36. The van der Waals surface area contributed by atoms with Crippen LogP contribution >= 0.6 is 12.2 Å². The van der Waals surface area contributed by atoms with Gasteiger partial charge in [0.2, 0.25) is 5.91 Å². The summed E-state index contributed by atoms with van der Waals surface area (Å²) in [7, 11) is 0. The van der Waals surface area contributed by atoms with E-state index in [9.17, 15) is 14.4 Å². The number of nitrogens with one attached hydrogen (secondary N) is 1. The summed E-state index contributed by atoms with van der Waals surface area (Å²) in [6.07, 6.45) is 5.16. The quantitative estimate of drug-likeness (QED) is 0.568. The molecular formula is C24H30N4O3S. The Morgan fingerprint density at radius 2 is 1.78 bits per heavy atom. The summed E-state index contributed by atoms with van der Waals surface area (Å²) < 4.78 is 1.75. The molecule has 7 nitrogen and oxygen atoms in total. The predicted molar refractivity (Wildman–Crippen MR) is 127 cm³/mol. The molecule has 2 aliphatic heterocycles. The van der Waals surface area contributed by atoms with E-state index in [1.54, 1.807) is 29.2 Å². The molecule has 2 saturated heterocycles. The summed E-state index contributed by atoms with van der Waals surface area (Å²) in [6, 6.07) is 5.05. The van der Waals surface area contributed by atoms with Gasteiger partial charge in [-0.05, 0) is 62.0 Å². The number of amides is 2. The number of allylic oxidation sites excluding steroid dienone is 1. The van der Waals surface area contributed by atoms with Crippen LogP contribution in [0.3, 0.4) is 0 Å². The third-order valence-corrected chi connectivity index (χ3v) is 7.09. The molecule has 8 heteroatoms. The Labute approximate surface area is 192 Å². The Bertz CT molecular complexity index is 1150. The third-order valence-electron chi connectivity index (χ3n) is 6.77. The van der Waals surface area contributed by atoms with Gasteiger partial charge in [0.15, 0.2) is 4.77 Å². The van der Waals surface area contributed by atoms with Crippen molar-refractivity contribution in [3.63, 3.8) is 0 Å². The molecule has 0 unspecified atom stereocenters. The van der Waals surface area contributed by atoms with Gasteiger partial charge in [-0.1, -0.05) is 13.0 Å². The summed E-state index contributed by atoms with van der Waals surface area (Å²) >= 11 is 5.29. The number of carbonyl (C=O) groups is 2. The minimum absolute atomic E-state index is 0.00324. The molecule has 0 atom stereocenters. The molecule has 1 N–H and O–H groups in total. The van der Waals surface area contributed by atoms with Gasteiger partial charge in [-0.3, -0.25) is 19.0 Å². The first-order chi connectivity index (χ1) is 15.4. The van der Waals surface area contributed by atoms with Crippen molar-refractivity contribution >= 4 is 34.9 Å². The van der Waals surface area contributed by atoms with Gasteiger partial charge in [0.05, 0.1) is 10.9 Å². The molecule has 32 heavy (non-hydrogen) atoms. The normalized spacial score (nSPS) is 18.2. The lowest BCUT2D eigenvalue weighted by atomic mass is 9.92. The van der Waals surface area contributed by atoms with Crippen molar-refractivity contribution in [3.8, 4) is 0 Å². The number of fused-ring (bicyclic) bond motifs is 1. The first kappa shape index (κ1) is 22.5. The molecule has 0 spiro atoms. The number of aromatic nitrogens is 2. The van der Waals surface area contributed by atoms with Crippen LogP contribution < -0.4 is 5.56 Å². The zero-order chi connectivity index (χ0) is 22.8. The number of likely N-dealkylation sites (tertiary alicyclic amines) is 2. The first-order valence-electron chi connectivity index (χ1n) is 11.3. The highest BCUT2D eigenvalue weighted by Gasteiger charge is 2.31. The number of carbonyl (C=O) groups excluding carboxylic acids is 2. The van der Waals surface area contributed by atoms with Crippen molar-refractivity contribution in [1.82, 2.24) is 19.4 Å². The Balaban J connectivity index is 1.44. The maximum atomic E-state index is 13.1. The summed E-state index contributed by atoms with van der Waals surface area (Å²) in [5.41, 5.74) is 0.864. The summed E-state index contributed by atoms with van der Waals surface area (Å²) in [4.78, 5) is 45.5. The zero-order valence-electron chi connectivity index (χ0n) is 18.5. The second kappa shape index (κ2) is 9.40. The number of hydrogen-bond donors (Lipinski definition) is 1. The maximum Gasteiger partial charge on any atom is 0.262 e. The Morgan fingerprint density at radius 1 is 1.12 bits per heavy atom. The van der Waals surface area contributed by atoms with Crippen LogP contribution in [0.15, 0.2) is 35.6 Å². The number of rotatable bonds is 4. The van der Waals surface area contributed by atoms with Crippen LogP contribution in [-0.2, 0) is 11.3 Å². The van der Waals surface area contributed by atoms with Crippen molar-refractivity contribution in [3.05, 3.63) is 51.5 Å². The average molecular weight is 455 g/mol. The second-order valence-electron chi connectivity index (χ2n) is 8.97. The molecule has 1 aromatic carbocycles. The van der Waals surface area contributed by atoms with Crippen molar-refractivity contribution in [1.29, 1.82) is 0 Å². The van der Waals surface area contributed by atoms with E-state index in [4.69, 9.17) is 12.2 Å². The molecule has 2 aliphatic rings. The van der Waals surface area contributed by atoms with E-state index in [-0.39, 0.29) is 23.3 Å². The highest BCUT2D eigenvalue weighted by Crippen LogP contribution is 2.25. The molecule has 2 fully saturated rings. The van der Waals surface area contributed by atoms with E-state index in [1.807, 2.05) is 4.90 Å². The summed E-state index contributed by atoms with van der Waals surface area (Å²) in [5, 5.41) is 0.483. The van der Waals surface area contributed by atoms with E-state index in [2.05, 4.69) is 18.5 Å². The van der Waals surface area contributed by atoms with E-state index < -0.39 is 0 Å². The Kier molecular flexibility index (Phi) is 6.60. The van der Waals surface area contributed by atoms with Crippen molar-refractivity contribution < 1.29 is 9.59 Å². The molecule has 1 aromatic heterocycles. The van der Waals surface area contributed by atoms with Gasteiger partial charge in [-0.15, -0.1) is 6.58 Å². The minimum atomic E-state index is -0.200. The van der Waals surface area contributed by atoms with Crippen LogP contribution in [0.2, 0.25) is 0 Å². The zero-order valence-corrected chi connectivity index (χ0v) is 19.3. The predicted octanol–water partition coefficient (Wildman–Crippen LogP) is 3.36. The summed E-state index contributed by atoms with van der Waals surface area (Å²) in [6.45, 7) is 9.06. The molecule has 0 radical (unpaired) electrons. The Hall–Kier alpha value is -2.74. The molecule has 0 bridgehead atoms. The van der Waals surface area contributed by atoms with Gasteiger partial charge in [-0.2, -0.15) is 0 Å². The number of nitrogens with zero attached hydrogens (tertiary/aromatic N) is 3. The topological polar surface area (TPSA) is 78.4 Å². The fraction of sp³-hybridized carbons (Fsp3) is 0.500. The second-order valence-corrected chi connectivity index (χ2v) is 9.36. The van der Waals surface area contributed by atoms with Crippen molar-refractivity contribution in [2.75, 3.05) is 26.2 Å². The van der Waals surface area contributed by atoms with Gasteiger partial charge in [0.1, 0.15) is 0 Å². The van der Waals surface area contributed by atoms with Gasteiger partial charge < -0.3 is 14.8 Å². The van der Waals surface area contributed by atoms with E-state index >= 15 is 0 Å². The fourth-order valence-corrected chi connectivity index (χ4v) is 4.95. The van der Waals surface area contributed by atoms with E-state index in [1.165, 1.54) is 4.57 Å². The molecule has 170 valence electrons. The van der Waals surface area contributed by atoms with E-state index in [0.29, 0.717) is 59.6 Å².